The van der Waals surface area contributed by atoms with Gasteiger partial charge in [-0.1, -0.05) is 15.9 Å². The average Bonchev–Trinajstić information content (AvgIpc) is 2.75. The maximum absolute atomic E-state index is 12.6. The first-order valence-corrected chi connectivity index (χ1v) is 7.42. The minimum absolute atomic E-state index is 0.140. The summed E-state index contributed by atoms with van der Waals surface area (Å²) in [5.74, 6) is -0.140. The second-order valence-electron chi connectivity index (χ2n) is 4.16. The van der Waals surface area contributed by atoms with Gasteiger partial charge >= 0.3 is 0 Å². The van der Waals surface area contributed by atoms with Gasteiger partial charge in [0.25, 0.3) is 0 Å². The maximum Gasteiger partial charge on any atom is 0.212 e. The van der Waals surface area contributed by atoms with Crippen LogP contribution in [-0.2, 0) is 11.3 Å². The highest BCUT2D eigenvalue weighted by Gasteiger charge is 2.19. The molecule has 1 aromatic carbocycles. The van der Waals surface area contributed by atoms with Gasteiger partial charge in [-0.25, -0.2) is 0 Å². The van der Waals surface area contributed by atoms with Crippen LogP contribution in [0.2, 0.25) is 0 Å². The van der Waals surface area contributed by atoms with Crippen LogP contribution < -0.4 is 5.73 Å². The number of hydrogen-bond acceptors (Lipinski definition) is 4. The molecule has 0 unspecified atom stereocenters. The van der Waals surface area contributed by atoms with Gasteiger partial charge in [0, 0.05) is 22.8 Å². The molecule has 2 N–H and O–H groups in total. The number of ether oxygens (including phenoxy) is 1. The molecule has 0 radical (unpaired) electrons. The number of aromatic nitrogens is 2. The number of carbonyl (C=O) groups is 1. The Morgan fingerprint density at radius 3 is 2.80 bits per heavy atom. The molecule has 0 aliphatic rings. The van der Waals surface area contributed by atoms with E-state index in [1.54, 1.807) is 36.2 Å². The molecular weight excluding hydrogens is 390 g/mol. The normalized spacial score (nSPS) is 10.8. The predicted octanol–water partition coefficient (Wildman–Crippen LogP) is 2.87. The highest BCUT2D eigenvalue weighted by atomic mass is 79.9. The summed E-state index contributed by atoms with van der Waals surface area (Å²) < 4.78 is 8.05. The highest BCUT2D eigenvalue weighted by molar-refractivity contribution is 9.10. The Balaban J connectivity index is 2.39. The second kappa shape index (κ2) is 6.51. The summed E-state index contributed by atoms with van der Waals surface area (Å²) in [5.41, 5.74) is 7.30. The molecule has 5 nitrogen and oxygen atoms in total. The van der Waals surface area contributed by atoms with Crippen molar-refractivity contribution in [2.75, 3.05) is 19.5 Å². The summed E-state index contributed by atoms with van der Waals surface area (Å²) in [6, 6.07) is 5.13. The van der Waals surface area contributed by atoms with E-state index in [9.17, 15) is 4.79 Å². The lowest BCUT2D eigenvalue weighted by Gasteiger charge is -2.08. The Hall–Kier alpha value is -1.18. The van der Waals surface area contributed by atoms with Crippen molar-refractivity contribution in [2.24, 2.45) is 0 Å². The van der Waals surface area contributed by atoms with Crippen molar-refractivity contribution in [2.45, 2.75) is 6.54 Å². The lowest BCUT2D eigenvalue weighted by atomic mass is 10.1. The molecule has 20 heavy (non-hydrogen) atoms. The Morgan fingerprint density at radius 2 is 2.15 bits per heavy atom. The molecule has 0 saturated heterocycles. The fraction of sp³-hybridized carbons (Fsp3) is 0.231. The Labute approximate surface area is 133 Å². The molecule has 2 aromatic rings. The van der Waals surface area contributed by atoms with Crippen LogP contribution in [0.3, 0.4) is 0 Å². The molecule has 106 valence electrons. The van der Waals surface area contributed by atoms with Crippen LogP contribution in [-0.4, -0.2) is 29.3 Å². The zero-order valence-corrected chi connectivity index (χ0v) is 13.9. The van der Waals surface area contributed by atoms with Gasteiger partial charge in [-0.3, -0.25) is 9.48 Å². The van der Waals surface area contributed by atoms with Crippen molar-refractivity contribution in [1.29, 1.82) is 0 Å². The first kappa shape index (κ1) is 15.2. The number of anilines is 1. The molecule has 0 fully saturated rings. The summed E-state index contributed by atoms with van der Waals surface area (Å²) >= 11 is 6.69. The topological polar surface area (TPSA) is 70.1 Å². The number of ketones is 1. The standard InChI is InChI=1S/C13H13Br2N3O2/c1-20-3-2-18-12(11(15)7-17-18)13(19)8-4-9(14)6-10(16)5-8/h4-7H,2-3,16H2,1H3. The summed E-state index contributed by atoms with van der Waals surface area (Å²) in [7, 11) is 1.61. The van der Waals surface area contributed by atoms with Crippen LogP contribution in [0.1, 0.15) is 16.1 Å². The van der Waals surface area contributed by atoms with Crippen molar-refractivity contribution in [3.05, 3.63) is 44.6 Å². The quantitative estimate of drug-likeness (QED) is 0.616. The fourth-order valence-corrected chi connectivity index (χ4v) is 2.80. The minimum Gasteiger partial charge on any atom is -0.399 e. The van der Waals surface area contributed by atoms with E-state index in [1.807, 2.05) is 0 Å². The molecule has 1 aromatic heterocycles. The lowest BCUT2D eigenvalue weighted by Crippen LogP contribution is -2.15. The highest BCUT2D eigenvalue weighted by Crippen LogP contribution is 2.23. The average molecular weight is 403 g/mol. The summed E-state index contributed by atoms with van der Waals surface area (Å²) in [6.45, 7) is 0.988. The van der Waals surface area contributed by atoms with Crippen LogP contribution in [0.4, 0.5) is 5.69 Å². The van der Waals surface area contributed by atoms with Crippen molar-refractivity contribution in [3.63, 3.8) is 0 Å². The summed E-state index contributed by atoms with van der Waals surface area (Å²) in [4.78, 5) is 12.6. The molecule has 0 amide bonds. The fourth-order valence-electron chi connectivity index (χ4n) is 1.82. The van der Waals surface area contributed by atoms with E-state index in [4.69, 9.17) is 10.5 Å². The molecule has 2 rings (SSSR count). The first-order chi connectivity index (χ1) is 9.52. The van der Waals surface area contributed by atoms with E-state index in [-0.39, 0.29) is 5.78 Å². The SMILES string of the molecule is COCCn1ncc(Br)c1C(=O)c1cc(N)cc(Br)c1. The van der Waals surface area contributed by atoms with Gasteiger partial charge in [0.05, 0.1) is 23.8 Å². The van der Waals surface area contributed by atoms with E-state index in [0.29, 0.717) is 34.6 Å². The number of methoxy groups -OCH3 is 1. The van der Waals surface area contributed by atoms with E-state index in [1.165, 1.54) is 0 Å². The van der Waals surface area contributed by atoms with Gasteiger partial charge in [0.1, 0.15) is 5.69 Å². The van der Waals surface area contributed by atoms with Gasteiger partial charge in [0.15, 0.2) is 0 Å². The molecule has 0 saturated carbocycles. The third-order valence-corrected chi connectivity index (χ3v) is 3.74. The van der Waals surface area contributed by atoms with Gasteiger partial charge in [-0.05, 0) is 34.1 Å². The number of nitrogens with zero attached hydrogens (tertiary/aromatic N) is 2. The summed E-state index contributed by atoms with van der Waals surface area (Å²) in [5, 5.41) is 4.17. The van der Waals surface area contributed by atoms with Crippen LogP contribution in [0, 0.1) is 0 Å². The van der Waals surface area contributed by atoms with E-state index >= 15 is 0 Å². The molecule has 0 aliphatic carbocycles. The van der Waals surface area contributed by atoms with Crippen LogP contribution in [0.25, 0.3) is 0 Å². The maximum atomic E-state index is 12.6. The molecule has 0 aliphatic heterocycles. The minimum atomic E-state index is -0.140. The Morgan fingerprint density at radius 1 is 1.40 bits per heavy atom. The number of carbonyl (C=O) groups excluding carboxylic acids is 1. The second-order valence-corrected chi connectivity index (χ2v) is 5.93. The van der Waals surface area contributed by atoms with Gasteiger partial charge < -0.3 is 10.5 Å². The van der Waals surface area contributed by atoms with E-state index < -0.39 is 0 Å². The molecule has 0 atom stereocenters. The molecule has 0 bridgehead atoms. The van der Waals surface area contributed by atoms with E-state index in [2.05, 4.69) is 37.0 Å². The number of nitrogens with two attached hydrogens (primary N) is 1. The zero-order valence-electron chi connectivity index (χ0n) is 10.8. The van der Waals surface area contributed by atoms with Crippen molar-refractivity contribution >= 4 is 43.3 Å². The number of benzene rings is 1. The monoisotopic (exact) mass is 401 g/mol. The molecule has 7 heteroatoms. The van der Waals surface area contributed by atoms with Crippen LogP contribution in [0.15, 0.2) is 33.3 Å². The number of hydrogen-bond donors (Lipinski definition) is 1. The van der Waals surface area contributed by atoms with Gasteiger partial charge in [-0.15, -0.1) is 0 Å². The molecular formula is C13H13Br2N3O2. The number of nitrogen functional groups attached to an aromatic ring is 1. The predicted molar refractivity (Wildman–Crippen MR) is 83.8 cm³/mol. The van der Waals surface area contributed by atoms with Crippen molar-refractivity contribution < 1.29 is 9.53 Å². The number of halogens is 2. The molecule has 0 spiro atoms. The third-order valence-electron chi connectivity index (χ3n) is 2.70. The van der Waals surface area contributed by atoms with Gasteiger partial charge in [-0.2, -0.15) is 5.10 Å². The van der Waals surface area contributed by atoms with Crippen molar-refractivity contribution in [1.82, 2.24) is 9.78 Å². The van der Waals surface area contributed by atoms with Crippen molar-refractivity contribution in [3.8, 4) is 0 Å². The smallest absolute Gasteiger partial charge is 0.212 e. The summed E-state index contributed by atoms with van der Waals surface area (Å²) in [6.07, 6.45) is 1.60. The van der Waals surface area contributed by atoms with Crippen LogP contribution in [0.5, 0.6) is 0 Å². The third kappa shape index (κ3) is 3.28. The number of rotatable bonds is 5. The van der Waals surface area contributed by atoms with Gasteiger partial charge in [0.2, 0.25) is 5.78 Å². The Bertz CT molecular complexity index is 620. The van der Waals surface area contributed by atoms with Crippen LogP contribution >= 0.6 is 31.9 Å². The Kier molecular flexibility index (Phi) is 4.95. The largest absolute Gasteiger partial charge is 0.399 e. The van der Waals surface area contributed by atoms with E-state index in [0.717, 1.165) is 4.47 Å². The first-order valence-electron chi connectivity index (χ1n) is 5.84. The molecule has 1 heterocycles. The zero-order chi connectivity index (χ0) is 14.7. The lowest BCUT2D eigenvalue weighted by molar-refractivity contribution is 0.102.